The van der Waals surface area contributed by atoms with E-state index < -0.39 is 47.2 Å². The predicted molar refractivity (Wildman–Crippen MR) is 198 cm³/mol. The van der Waals surface area contributed by atoms with Gasteiger partial charge in [0.1, 0.15) is 22.8 Å². The van der Waals surface area contributed by atoms with Crippen LogP contribution in [0.15, 0.2) is 93.1 Å². The molecular weight excluding hydrogens is 760 g/mol. The fourth-order valence-electron chi connectivity index (χ4n) is 6.32. The van der Waals surface area contributed by atoms with Crippen LogP contribution >= 0.6 is 11.6 Å². The minimum Gasteiger partial charge on any atom is -0.478 e. The summed E-state index contributed by atoms with van der Waals surface area (Å²) in [6.45, 7) is 7.12. The number of allylic oxidation sites excluding steroid dienone is 1. The quantitative estimate of drug-likeness (QED) is 0.0679. The fourth-order valence-corrected chi connectivity index (χ4v) is 6.47. The summed E-state index contributed by atoms with van der Waals surface area (Å²) in [5.41, 5.74) is 0.632. The van der Waals surface area contributed by atoms with Crippen molar-refractivity contribution in [3.05, 3.63) is 127 Å². The maximum Gasteiger partial charge on any atom is 0.418 e. The van der Waals surface area contributed by atoms with E-state index in [4.69, 9.17) is 21.1 Å². The Bertz CT molecular complexity index is 2500. The Balaban J connectivity index is 0.000000231. The first-order chi connectivity index (χ1) is 26.6. The number of nitrogens with one attached hydrogen (secondary N) is 1. The molecule has 4 heterocycles. The molecule has 3 saturated heterocycles. The Labute approximate surface area is 320 Å². The molecule has 0 spiro atoms. The van der Waals surface area contributed by atoms with Crippen molar-refractivity contribution in [2.45, 2.75) is 19.5 Å². The van der Waals surface area contributed by atoms with Crippen molar-refractivity contribution >= 4 is 57.8 Å². The molecule has 2 N–H and O–H groups in total. The normalized spacial score (nSPS) is 16.2. The molecule has 1 aromatic heterocycles. The molecule has 1 amide bonds. The lowest BCUT2D eigenvalue weighted by molar-refractivity contribution is -0.137. The minimum absolute atomic E-state index is 0.00546. The highest BCUT2D eigenvalue weighted by Gasteiger charge is 2.43. The van der Waals surface area contributed by atoms with Crippen molar-refractivity contribution in [3.8, 4) is 11.1 Å². The molecule has 0 unspecified atom stereocenters. The highest BCUT2D eigenvalue weighted by atomic mass is 35.5. The molecule has 0 radical (unpaired) electrons. The van der Waals surface area contributed by atoms with Gasteiger partial charge in [0.25, 0.3) is 0 Å². The van der Waals surface area contributed by atoms with Crippen molar-refractivity contribution in [3.63, 3.8) is 0 Å². The van der Waals surface area contributed by atoms with Gasteiger partial charge in [-0.25, -0.2) is 14.0 Å². The number of aliphatic carboxylic acids is 1. The van der Waals surface area contributed by atoms with Crippen LogP contribution in [0.1, 0.15) is 22.3 Å². The van der Waals surface area contributed by atoms with Crippen LogP contribution < -0.4 is 10.9 Å². The average molecular weight is 791 g/mol. The van der Waals surface area contributed by atoms with E-state index >= 15 is 0 Å². The number of nitrogens with zero attached hydrogens (tertiary/aromatic N) is 3. The molecule has 4 aromatic rings. The standard InChI is InChI=1S/C28H18ClF4NO5.C12H13N3O2/c1-14-9-18-23(13-21(14)29)39-27(38)19(26(18)16-4-2-3-15(10-16)5-8-25(36)37)12-24(35)34-22-7-6-17(30)11-20(22)28(31,32)33;16-9-7-8(13-1-2-13)12(17)11(15-5-6-15)10(9)14-3-4-14/h2-11,13H,12H2,1H3,(H,34,35)(H,36,37);7H,1-6H2/b8-5+;. The number of ketones is 2. The van der Waals surface area contributed by atoms with Crippen molar-refractivity contribution < 1.29 is 46.3 Å². The SMILES string of the molecule is Cc1cc2c(-c3cccc(/C=C/C(=O)O)c3)c(CC(=O)Nc3ccc(F)cc3C(F)(F)F)c(=O)oc2cc1Cl.O=C1C=C(N2CC2)C(=O)C(N2CC2)=C1N1CC1. The lowest BCUT2D eigenvalue weighted by Gasteiger charge is -2.21. The van der Waals surface area contributed by atoms with Gasteiger partial charge < -0.3 is 29.5 Å². The Hall–Kier alpha value is -6.22. The summed E-state index contributed by atoms with van der Waals surface area (Å²) >= 11 is 6.20. The number of hydrogen-bond acceptors (Lipinski definition) is 9. The van der Waals surface area contributed by atoms with Gasteiger partial charge >= 0.3 is 17.8 Å². The van der Waals surface area contributed by atoms with Crippen LogP contribution in [0.3, 0.4) is 0 Å². The highest BCUT2D eigenvalue weighted by Crippen LogP contribution is 2.38. The third-order valence-electron chi connectivity index (χ3n) is 9.26. The van der Waals surface area contributed by atoms with Crippen LogP contribution in [0.4, 0.5) is 23.2 Å². The molecule has 0 saturated carbocycles. The van der Waals surface area contributed by atoms with Crippen LogP contribution in [0.25, 0.3) is 28.2 Å². The highest BCUT2D eigenvalue weighted by molar-refractivity contribution is 6.32. The van der Waals surface area contributed by atoms with Gasteiger partial charge in [0.15, 0.2) is 0 Å². The van der Waals surface area contributed by atoms with E-state index in [0.29, 0.717) is 44.2 Å². The summed E-state index contributed by atoms with van der Waals surface area (Å²) in [4.78, 5) is 67.4. The summed E-state index contributed by atoms with van der Waals surface area (Å²) in [6, 6.07) is 11.3. The van der Waals surface area contributed by atoms with Gasteiger partial charge in [0, 0.05) is 73.5 Å². The Kier molecular flexibility index (Phi) is 10.1. The third kappa shape index (κ3) is 8.22. The first kappa shape index (κ1) is 38.1. The number of alkyl halides is 3. The molecule has 16 heteroatoms. The largest absolute Gasteiger partial charge is 0.478 e. The van der Waals surface area contributed by atoms with Crippen LogP contribution in [0.2, 0.25) is 5.02 Å². The van der Waals surface area contributed by atoms with E-state index in [1.807, 2.05) is 14.7 Å². The Morgan fingerprint density at radius 3 is 2.25 bits per heavy atom. The molecular formula is C40H31ClF4N4O7. The molecule has 56 heavy (non-hydrogen) atoms. The lowest BCUT2D eigenvalue weighted by atomic mass is 9.93. The number of carboxylic acid groups (broad SMARTS) is 1. The van der Waals surface area contributed by atoms with Gasteiger partial charge in [-0.05, 0) is 60.0 Å². The fraction of sp³-hybridized carbons (Fsp3) is 0.225. The van der Waals surface area contributed by atoms with E-state index in [2.05, 4.69) is 5.32 Å². The Morgan fingerprint density at radius 1 is 0.929 bits per heavy atom. The zero-order valence-electron chi connectivity index (χ0n) is 29.5. The molecule has 4 aliphatic rings. The molecule has 0 bridgehead atoms. The zero-order chi connectivity index (χ0) is 40.1. The van der Waals surface area contributed by atoms with E-state index in [-0.39, 0.29) is 34.3 Å². The number of benzene rings is 3. The van der Waals surface area contributed by atoms with Crippen LogP contribution in [0, 0.1) is 12.7 Å². The number of halogens is 5. The topological polar surface area (TPSA) is 140 Å². The summed E-state index contributed by atoms with van der Waals surface area (Å²) < 4.78 is 59.1. The number of fused-ring (bicyclic) bond motifs is 1. The van der Waals surface area contributed by atoms with E-state index in [1.54, 1.807) is 37.3 Å². The lowest BCUT2D eigenvalue weighted by Crippen LogP contribution is -2.29. The molecule has 1 aliphatic carbocycles. The molecule has 3 aromatic carbocycles. The van der Waals surface area contributed by atoms with Gasteiger partial charge in [0.2, 0.25) is 17.5 Å². The maximum atomic E-state index is 13.5. The van der Waals surface area contributed by atoms with Crippen LogP contribution in [-0.2, 0) is 31.8 Å². The number of amides is 1. The second-order valence-electron chi connectivity index (χ2n) is 13.4. The van der Waals surface area contributed by atoms with Gasteiger partial charge in [0.05, 0.1) is 28.9 Å². The molecule has 3 fully saturated rings. The first-order valence-electron chi connectivity index (χ1n) is 17.3. The van der Waals surface area contributed by atoms with Crippen LogP contribution in [-0.4, -0.2) is 82.5 Å². The van der Waals surface area contributed by atoms with Crippen molar-refractivity contribution in [1.82, 2.24) is 14.7 Å². The van der Waals surface area contributed by atoms with Crippen LogP contribution in [0.5, 0.6) is 0 Å². The number of aryl methyl sites for hydroxylation is 1. The van der Waals surface area contributed by atoms with Crippen molar-refractivity contribution in [1.29, 1.82) is 0 Å². The van der Waals surface area contributed by atoms with Crippen molar-refractivity contribution in [2.24, 2.45) is 0 Å². The average Bonchev–Trinajstić information content (AvgIpc) is 3.97. The number of carbonyl (C=O) groups is 4. The second-order valence-corrected chi connectivity index (χ2v) is 13.8. The van der Waals surface area contributed by atoms with Gasteiger partial charge in [-0.1, -0.05) is 29.8 Å². The number of rotatable bonds is 9. The number of anilines is 1. The predicted octanol–water partition coefficient (Wildman–Crippen LogP) is 6.04. The van der Waals surface area contributed by atoms with Gasteiger partial charge in [-0.2, -0.15) is 13.2 Å². The second kappa shape index (κ2) is 14.8. The summed E-state index contributed by atoms with van der Waals surface area (Å²) in [5, 5.41) is 11.8. The number of hydrogen-bond donors (Lipinski definition) is 2. The maximum absolute atomic E-state index is 13.5. The molecule has 0 atom stereocenters. The molecule has 3 aliphatic heterocycles. The minimum atomic E-state index is -4.95. The number of carbonyl (C=O) groups excluding carboxylic acids is 3. The zero-order valence-corrected chi connectivity index (χ0v) is 30.3. The summed E-state index contributed by atoms with van der Waals surface area (Å²) in [7, 11) is 0. The monoisotopic (exact) mass is 790 g/mol. The first-order valence-corrected chi connectivity index (χ1v) is 17.7. The molecule has 11 nitrogen and oxygen atoms in total. The Morgan fingerprint density at radius 2 is 1.61 bits per heavy atom. The molecule has 8 rings (SSSR count). The summed E-state index contributed by atoms with van der Waals surface area (Å²) in [6.07, 6.45) is -1.84. The van der Waals surface area contributed by atoms with Crippen molar-refractivity contribution in [2.75, 3.05) is 44.6 Å². The number of Topliss-reactive ketones (excluding diaryl/α,β-unsaturated/α-hetero) is 1. The van der Waals surface area contributed by atoms with E-state index in [1.165, 1.54) is 18.2 Å². The third-order valence-corrected chi connectivity index (χ3v) is 9.67. The van der Waals surface area contributed by atoms with Gasteiger partial charge in [-0.3, -0.25) is 14.4 Å². The summed E-state index contributed by atoms with van der Waals surface area (Å²) in [5.74, 6) is -3.24. The molecule has 288 valence electrons. The van der Waals surface area contributed by atoms with E-state index in [0.717, 1.165) is 57.5 Å². The van der Waals surface area contributed by atoms with E-state index in [9.17, 15) is 41.5 Å². The smallest absolute Gasteiger partial charge is 0.418 e. The van der Waals surface area contributed by atoms with Gasteiger partial charge in [-0.15, -0.1) is 0 Å². The number of carboxylic acids is 1.